The number of sulfonamides is 1. The number of rotatable bonds is 7. The zero-order valence-corrected chi connectivity index (χ0v) is 15.3. The van der Waals surface area contributed by atoms with E-state index in [-0.39, 0.29) is 4.90 Å². The molecule has 0 saturated heterocycles. The second-order valence-electron chi connectivity index (χ2n) is 5.33. The third-order valence-electron chi connectivity index (χ3n) is 3.62. The summed E-state index contributed by atoms with van der Waals surface area (Å²) < 4.78 is 32.1. The lowest BCUT2D eigenvalue weighted by atomic mass is 10.2. The van der Waals surface area contributed by atoms with Crippen molar-refractivity contribution in [2.45, 2.75) is 11.3 Å². The fourth-order valence-electron chi connectivity index (χ4n) is 2.28. The van der Waals surface area contributed by atoms with E-state index in [1.165, 1.54) is 0 Å². The quantitative estimate of drug-likeness (QED) is 0.689. The molecular weight excluding hydrogens is 356 g/mol. The first-order valence-corrected chi connectivity index (χ1v) is 10.1. The van der Waals surface area contributed by atoms with Crippen molar-refractivity contribution in [2.24, 2.45) is 0 Å². The number of hydrogen-bond donors (Lipinski definition) is 1. The van der Waals surface area contributed by atoms with Gasteiger partial charge in [-0.25, -0.2) is 18.1 Å². The Labute approximate surface area is 151 Å². The molecule has 0 bridgehead atoms. The fourth-order valence-corrected chi connectivity index (χ4v) is 4.20. The van der Waals surface area contributed by atoms with Gasteiger partial charge in [-0.1, -0.05) is 18.2 Å². The number of benzene rings is 2. The molecule has 130 valence electrons. The molecule has 1 N–H and O–H groups in total. The number of aromatic nitrogens is 1. The third-order valence-corrected chi connectivity index (χ3v) is 6.03. The van der Waals surface area contributed by atoms with Crippen LogP contribution in [0.5, 0.6) is 5.75 Å². The van der Waals surface area contributed by atoms with Crippen LogP contribution in [0.25, 0.3) is 10.6 Å². The summed E-state index contributed by atoms with van der Waals surface area (Å²) in [6.45, 7) is 0.309. The Morgan fingerprint density at radius 1 is 1.08 bits per heavy atom. The molecule has 3 aromatic rings. The van der Waals surface area contributed by atoms with E-state index in [9.17, 15) is 8.42 Å². The zero-order valence-electron chi connectivity index (χ0n) is 13.7. The SMILES string of the molecule is COc1ccc(-c2nc(CCNS(=O)(=O)c3ccccc3)cs2)cc1. The lowest BCUT2D eigenvalue weighted by molar-refractivity contribution is 0.415. The van der Waals surface area contributed by atoms with Gasteiger partial charge in [-0.3, -0.25) is 0 Å². The van der Waals surface area contributed by atoms with E-state index in [0.717, 1.165) is 22.0 Å². The van der Waals surface area contributed by atoms with E-state index < -0.39 is 10.0 Å². The Bertz CT molecular complexity index is 920. The van der Waals surface area contributed by atoms with Crippen LogP contribution in [0.4, 0.5) is 0 Å². The Morgan fingerprint density at radius 3 is 2.48 bits per heavy atom. The molecule has 0 aliphatic carbocycles. The molecule has 0 saturated carbocycles. The molecular formula is C18H18N2O3S2. The van der Waals surface area contributed by atoms with E-state index in [4.69, 9.17) is 4.74 Å². The minimum atomic E-state index is -3.47. The molecule has 0 unspecified atom stereocenters. The second-order valence-corrected chi connectivity index (χ2v) is 7.96. The number of methoxy groups -OCH3 is 1. The van der Waals surface area contributed by atoms with Gasteiger partial charge in [0.15, 0.2) is 0 Å². The molecule has 0 amide bonds. The Hall–Kier alpha value is -2.22. The fraction of sp³-hybridized carbons (Fsp3) is 0.167. The predicted octanol–water partition coefficient (Wildman–Crippen LogP) is 3.34. The maximum Gasteiger partial charge on any atom is 0.240 e. The lowest BCUT2D eigenvalue weighted by Crippen LogP contribution is -2.26. The highest BCUT2D eigenvalue weighted by atomic mass is 32.2. The van der Waals surface area contributed by atoms with Gasteiger partial charge in [0, 0.05) is 23.9 Å². The Morgan fingerprint density at radius 2 is 1.80 bits per heavy atom. The van der Waals surface area contributed by atoms with Crippen molar-refractivity contribution >= 4 is 21.4 Å². The minimum Gasteiger partial charge on any atom is -0.497 e. The minimum absolute atomic E-state index is 0.271. The van der Waals surface area contributed by atoms with Crippen molar-refractivity contribution in [2.75, 3.05) is 13.7 Å². The summed E-state index contributed by atoms with van der Waals surface area (Å²) in [5, 5.41) is 2.86. The van der Waals surface area contributed by atoms with Crippen molar-refractivity contribution < 1.29 is 13.2 Å². The van der Waals surface area contributed by atoms with Crippen molar-refractivity contribution in [3.8, 4) is 16.3 Å². The Balaban J connectivity index is 1.60. The highest BCUT2D eigenvalue weighted by Gasteiger charge is 2.13. The van der Waals surface area contributed by atoms with Crippen LogP contribution in [-0.2, 0) is 16.4 Å². The highest BCUT2D eigenvalue weighted by Crippen LogP contribution is 2.25. The van der Waals surface area contributed by atoms with Gasteiger partial charge in [0.2, 0.25) is 10.0 Å². The van der Waals surface area contributed by atoms with Gasteiger partial charge in [0.05, 0.1) is 17.7 Å². The molecule has 7 heteroatoms. The normalized spacial score (nSPS) is 11.4. The molecule has 0 atom stereocenters. The average molecular weight is 374 g/mol. The van der Waals surface area contributed by atoms with Crippen LogP contribution in [0.15, 0.2) is 64.9 Å². The van der Waals surface area contributed by atoms with Crippen LogP contribution in [-0.4, -0.2) is 27.1 Å². The van der Waals surface area contributed by atoms with Crippen LogP contribution in [0.3, 0.4) is 0 Å². The molecule has 3 rings (SSSR count). The molecule has 0 aliphatic rings. The molecule has 0 spiro atoms. The van der Waals surface area contributed by atoms with E-state index in [0.29, 0.717) is 13.0 Å². The summed E-state index contributed by atoms with van der Waals surface area (Å²) in [5.41, 5.74) is 1.88. The molecule has 25 heavy (non-hydrogen) atoms. The van der Waals surface area contributed by atoms with E-state index in [1.54, 1.807) is 48.8 Å². The first-order valence-electron chi connectivity index (χ1n) is 7.72. The van der Waals surface area contributed by atoms with Crippen molar-refractivity contribution in [1.29, 1.82) is 0 Å². The number of thiazole rings is 1. The maximum absolute atomic E-state index is 12.2. The van der Waals surface area contributed by atoms with Crippen molar-refractivity contribution in [3.63, 3.8) is 0 Å². The summed E-state index contributed by atoms with van der Waals surface area (Å²) >= 11 is 1.54. The topological polar surface area (TPSA) is 68.3 Å². The number of nitrogens with one attached hydrogen (secondary N) is 1. The highest BCUT2D eigenvalue weighted by molar-refractivity contribution is 7.89. The maximum atomic E-state index is 12.2. The van der Waals surface area contributed by atoms with Crippen molar-refractivity contribution in [3.05, 3.63) is 65.7 Å². The first kappa shape index (κ1) is 17.6. The van der Waals surface area contributed by atoms with Gasteiger partial charge in [0.1, 0.15) is 10.8 Å². The predicted molar refractivity (Wildman–Crippen MR) is 99.4 cm³/mol. The monoisotopic (exact) mass is 374 g/mol. The summed E-state index contributed by atoms with van der Waals surface area (Å²) in [5.74, 6) is 0.802. The van der Waals surface area contributed by atoms with E-state index in [1.807, 2.05) is 29.6 Å². The second kappa shape index (κ2) is 7.77. The first-order chi connectivity index (χ1) is 12.1. The molecule has 0 radical (unpaired) electrons. The number of ether oxygens (including phenoxy) is 1. The lowest BCUT2D eigenvalue weighted by Gasteiger charge is -2.05. The van der Waals surface area contributed by atoms with Crippen LogP contribution in [0.1, 0.15) is 5.69 Å². The molecule has 5 nitrogen and oxygen atoms in total. The van der Waals surface area contributed by atoms with E-state index >= 15 is 0 Å². The number of hydrogen-bond acceptors (Lipinski definition) is 5. The number of nitrogens with zero attached hydrogens (tertiary/aromatic N) is 1. The molecule has 1 aromatic heterocycles. The summed E-state index contributed by atoms with van der Waals surface area (Å²) in [7, 11) is -1.84. The van der Waals surface area contributed by atoms with Crippen LogP contribution in [0.2, 0.25) is 0 Å². The van der Waals surface area contributed by atoms with Crippen LogP contribution >= 0.6 is 11.3 Å². The zero-order chi connectivity index (χ0) is 17.7. The summed E-state index contributed by atoms with van der Waals surface area (Å²) in [6, 6.07) is 16.1. The van der Waals surface area contributed by atoms with Gasteiger partial charge in [0.25, 0.3) is 0 Å². The van der Waals surface area contributed by atoms with Gasteiger partial charge >= 0.3 is 0 Å². The van der Waals surface area contributed by atoms with Gasteiger partial charge < -0.3 is 4.74 Å². The molecule has 0 aliphatic heterocycles. The van der Waals surface area contributed by atoms with Crippen LogP contribution in [0, 0.1) is 0 Å². The standard InChI is InChI=1S/C18H18N2O3S2/c1-23-16-9-7-14(8-10-16)18-20-15(13-24-18)11-12-19-25(21,22)17-5-3-2-4-6-17/h2-10,13,19H,11-12H2,1H3. The van der Waals surface area contributed by atoms with Gasteiger partial charge in [-0.15, -0.1) is 11.3 Å². The van der Waals surface area contributed by atoms with Crippen LogP contribution < -0.4 is 9.46 Å². The summed E-state index contributed by atoms with van der Waals surface area (Å²) in [6.07, 6.45) is 0.540. The molecule has 0 fully saturated rings. The average Bonchev–Trinajstić information content (AvgIpc) is 3.11. The molecule has 1 heterocycles. The van der Waals surface area contributed by atoms with Crippen molar-refractivity contribution in [1.82, 2.24) is 9.71 Å². The van der Waals surface area contributed by atoms with E-state index in [2.05, 4.69) is 9.71 Å². The Kier molecular flexibility index (Phi) is 5.47. The van der Waals surface area contributed by atoms with Gasteiger partial charge in [-0.05, 0) is 36.4 Å². The summed E-state index contributed by atoms with van der Waals surface area (Å²) in [4.78, 5) is 4.84. The smallest absolute Gasteiger partial charge is 0.240 e. The third kappa shape index (κ3) is 4.45. The largest absolute Gasteiger partial charge is 0.497 e. The molecule has 2 aromatic carbocycles. The van der Waals surface area contributed by atoms with Gasteiger partial charge in [-0.2, -0.15) is 0 Å².